The molecule has 0 bridgehead atoms. The van der Waals surface area contributed by atoms with Crippen LogP contribution >= 0.6 is 11.3 Å². The molecule has 3 nitrogen and oxygen atoms in total. The van der Waals surface area contributed by atoms with Crippen molar-refractivity contribution >= 4 is 16.5 Å². The van der Waals surface area contributed by atoms with Crippen LogP contribution in [0.2, 0.25) is 0 Å². The van der Waals surface area contributed by atoms with Gasteiger partial charge in [0.1, 0.15) is 0 Å². The van der Waals surface area contributed by atoms with Crippen LogP contribution in [0.5, 0.6) is 0 Å². The second-order valence-electron chi connectivity index (χ2n) is 3.28. The fourth-order valence-electron chi connectivity index (χ4n) is 1.60. The zero-order valence-corrected chi connectivity index (χ0v) is 8.83. The highest BCUT2D eigenvalue weighted by Crippen LogP contribution is 2.18. The second kappa shape index (κ2) is 4.45. The van der Waals surface area contributed by atoms with E-state index in [9.17, 15) is 0 Å². The van der Waals surface area contributed by atoms with Gasteiger partial charge >= 0.3 is 0 Å². The van der Waals surface area contributed by atoms with Gasteiger partial charge in [-0.25, -0.2) is 4.98 Å². The first-order chi connectivity index (χ1) is 6.90. The first-order valence-corrected chi connectivity index (χ1v) is 5.58. The lowest BCUT2D eigenvalue weighted by Gasteiger charge is -2.33. The SMILES string of the molecule is C#CCN1CCN(c2nccs2)CC1. The van der Waals surface area contributed by atoms with E-state index < -0.39 is 0 Å². The zero-order chi connectivity index (χ0) is 9.80. The number of nitrogens with zero attached hydrogens (tertiary/aromatic N) is 3. The summed E-state index contributed by atoms with van der Waals surface area (Å²) in [5.41, 5.74) is 0. The van der Waals surface area contributed by atoms with E-state index in [2.05, 4.69) is 20.7 Å². The third-order valence-corrected chi connectivity index (χ3v) is 3.21. The number of terminal acetylenes is 1. The van der Waals surface area contributed by atoms with Crippen LogP contribution < -0.4 is 4.90 Å². The lowest BCUT2D eigenvalue weighted by molar-refractivity contribution is 0.288. The van der Waals surface area contributed by atoms with Gasteiger partial charge in [0.05, 0.1) is 6.54 Å². The third kappa shape index (κ3) is 2.06. The van der Waals surface area contributed by atoms with Crippen molar-refractivity contribution in [3.63, 3.8) is 0 Å². The lowest BCUT2D eigenvalue weighted by atomic mass is 10.3. The first-order valence-electron chi connectivity index (χ1n) is 4.70. The van der Waals surface area contributed by atoms with Crippen molar-refractivity contribution in [1.82, 2.24) is 9.88 Å². The van der Waals surface area contributed by atoms with Gasteiger partial charge in [0.15, 0.2) is 5.13 Å². The molecule has 1 fully saturated rings. The predicted octanol–water partition coefficient (Wildman–Crippen LogP) is 0.898. The number of rotatable bonds is 2. The number of thiazole rings is 1. The molecule has 0 radical (unpaired) electrons. The summed E-state index contributed by atoms with van der Waals surface area (Å²) in [6, 6.07) is 0. The summed E-state index contributed by atoms with van der Waals surface area (Å²) in [6.07, 6.45) is 7.13. The van der Waals surface area contributed by atoms with Crippen LogP contribution in [0.25, 0.3) is 0 Å². The first kappa shape index (κ1) is 9.50. The topological polar surface area (TPSA) is 19.4 Å². The van der Waals surface area contributed by atoms with Crippen molar-refractivity contribution in [3.05, 3.63) is 11.6 Å². The monoisotopic (exact) mass is 207 g/mol. The van der Waals surface area contributed by atoms with Crippen LogP contribution in [0.1, 0.15) is 0 Å². The normalized spacial score (nSPS) is 18.1. The number of hydrogen-bond donors (Lipinski definition) is 0. The van der Waals surface area contributed by atoms with E-state index in [0.717, 1.165) is 37.9 Å². The minimum atomic E-state index is 0.770. The summed E-state index contributed by atoms with van der Waals surface area (Å²) in [5.74, 6) is 2.68. The Balaban J connectivity index is 1.88. The van der Waals surface area contributed by atoms with Crippen LogP contribution in [-0.4, -0.2) is 42.6 Å². The Hall–Kier alpha value is -1.05. The van der Waals surface area contributed by atoms with Crippen molar-refractivity contribution in [3.8, 4) is 12.3 Å². The molecule has 0 saturated carbocycles. The van der Waals surface area contributed by atoms with Crippen molar-refractivity contribution < 1.29 is 0 Å². The fourth-order valence-corrected chi connectivity index (χ4v) is 2.30. The van der Waals surface area contributed by atoms with Crippen LogP contribution in [-0.2, 0) is 0 Å². The molecule has 0 spiro atoms. The molecule has 1 aliphatic rings. The summed E-state index contributed by atoms with van der Waals surface area (Å²) in [7, 11) is 0. The molecule has 2 heterocycles. The highest BCUT2D eigenvalue weighted by Gasteiger charge is 2.17. The molecular formula is C10H13N3S. The third-order valence-electron chi connectivity index (χ3n) is 2.38. The van der Waals surface area contributed by atoms with Crippen LogP contribution in [0, 0.1) is 12.3 Å². The van der Waals surface area contributed by atoms with E-state index in [0.29, 0.717) is 0 Å². The predicted molar refractivity (Wildman–Crippen MR) is 59.6 cm³/mol. The van der Waals surface area contributed by atoms with E-state index >= 15 is 0 Å². The van der Waals surface area contributed by atoms with Crippen molar-refractivity contribution in [2.24, 2.45) is 0 Å². The Bertz CT molecular complexity index is 307. The maximum atomic E-state index is 5.27. The number of piperazine rings is 1. The Morgan fingerprint density at radius 2 is 2.21 bits per heavy atom. The van der Waals surface area contributed by atoms with E-state index in [1.807, 2.05) is 11.6 Å². The van der Waals surface area contributed by atoms with Gasteiger partial charge in [-0.05, 0) is 0 Å². The summed E-state index contributed by atoms with van der Waals surface area (Å²) in [5, 5.41) is 3.15. The Kier molecular flexibility index (Phi) is 3.02. The lowest BCUT2D eigenvalue weighted by Crippen LogP contribution is -2.46. The van der Waals surface area contributed by atoms with Crippen molar-refractivity contribution in [1.29, 1.82) is 0 Å². The minimum absolute atomic E-state index is 0.770. The maximum Gasteiger partial charge on any atom is 0.185 e. The molecule has 0 amide bonds. The van der Waals surface area contributed by atoms with Crippen LogP contribution in [0.4, 0.5) is 5.13 Å². The average molecular weight is 207 g/mol. The Labute approximate surface area is 88.4 Å². The number of anilines is 1. The molecule has 0 N–H and O–H groups in total. The molecule has 1 saturated heterocycles. The molecule has 1 aromatic heterocycles. The van der Waals surface area contributed by atoms with Crippen LogP contribution in [0.3, 0.4) is 0 Å². The van der Waals surface area contributed by atoms with Gasteiger partial charge in [0, 0.05) is 37.8 Å². The molecule has 14 heavy (non-hydrogen) atoms. The summed E-state index contributed by atoms with van der Waals surface area (Å²) in [4.78, 5) is 8.91. The summed E-state index contributed by atoms with van der Waals surface area (Å²) < 4.78 is 0. The largest absolute Gasteiger partial charge is 0.346 e. The van der Waals surface area contributed by atoms with Crippen molar-refractivity contribution in [2.45, 2.75) is 0 Å². The van der Waals surface area contributed by atoms with E-state index in [1.54, 1.807) is 11.3 Å². The number of hydrogen-bond acceptors (Lipinski definition) is 4. The van der Waals surface area contributed by atoms with Gasteiger partial charge in [0.2, 0.25) is 0 Å². The molecule has 0 atom stereocenters. The Morgan fingerprint density at radius 1 is 1.43 bits per heavy atom. The van der Waals surface area contributed by atoms with Gasteiger partial charge in [0.25, 0.3) is 0 Å². The maximum absolute atomic E-state index is 5.27. The van der Waals surface area contributed by atoms with E-state index in [1.165, 1.54) is 0 Å². The molecular weight excluding hydrogens is 194 g/mol. The molecule has 0 aromatic carbocycles. The molecule has 2 rings (SSSR count). The van der Waals surface area contributed by atoms with Crippen molar-refractivity contribution in [2.75, 3.05) is 37.6 Å². The number of aromatic nitrogens is 1. The van der Waals surface area contributed by atoms with Gasteiger partial charge in [-0.3, -0.25) is 4.90 Å². The molecule has 1 aliphatic heterocycles. The quantitative estimate of drug-likeness (QED) is 0.672. The molecule has 0 aliphatic carbocycles. The summed E-state index contributed by atoms with van der Waals surface area (Å²) in [6.45, 7) is 4.93. The van der Waals surface area contributed by atoms with Gasteiger partial charge in [-0.1, -0.05) is 5.92 Å². The highest BCUT2D eigenvalue weighted by molar-refractivity contribution is 7.13. The van der Waals surface area contributed by atoms with E-state index in [-0.39, 0.29) is 0 Å². The summed E-state index contributed by atoms with van der Waals surface area (Å²) >= 11 is 1.70. The van der Waals surface area contributed by atoms with Gasteiger partial charge < -0.3 is 4.90 Å². The Morgan fingerprint density at radius 3 is 2.79 bits per heavy atom. The van der Waals surface area contributed by atoms with Gasteiger partial charge in [-0.15, -0.1) is 17.8 Å². The second-order valence-corrected chi connectivity index (χ2v) is 4.16. The van der Waals surface area contributed by atoms with Gasteiger partial charge in [-0.2, -0.15) is 0 Å². The van der Waals surface area contributed by atoms with E-state index in [4.69, 9.17) is 6.42 Å². The molecule has 0 unspecified atom stereocenters. The smallest absolute Gasteiger partial charge is 0.185 e. The standard InChI is InChI=1S/C10H13N3S/c1-2-4-12-5-7-13(8-6-12)10-11-3-9-14-10/h1,3,9H,4-8H2. The average Bonchev–Trinajstić information content (AvgIpc) is 2.72. The molecule has 1 aromatic rings. The highest BCUT2D eigenvalue weighted by atomic mass is 32.1. The molecule has 74 valence electrons. The van der Waals surface area contributed by atoms with Crippen LogP contribution in [0.15, 0.2) is 11.6 Å². The molecule has 4 heteroatoms. The fraction of sp³-hybridized carbons (Fsp3) is 0.500. The zero-order valence-electron chi connectivity index (χ0n) is 8.02. The minimum Gasteiger partial charge on any atom is -0.346 e.